The van der Waals surface area contributed by atoms with Gasteiger partial charge in [-0.25, -0.2) is 0 Å². The first-order valence-corrected chi connectivity index (χ1v) is 10.5. The van der Waals surface area contributed by atoms with Crippen LogP contribution in [0, 0.1) is 0 Å². The SMILES string of the molecule is NC(=O)c1nnc(N[C@@H]2CCCC[C@@H]2N)nc1Nc1cccc2c1ccn2C(O)(O)C(O)(O)O. The lowest BCUT2D eigenvalue weighted by Crippen LogP contribution is -2.55. The topological polar surface area (TPSA) is 238 Å². The van der Waals surface area contributed by atoms with Gasteiger partial charge in [-0.15, -0.1) is 10.2 Å². The van der Waals surface area contributed by atoms with Crippen molar-refractivity contribution in [1.29, 1.82) is 0 Å². The van der Waals surface area contributed by atoms with Crippen LogP contribution < -0.4 is 22.1 Å². The lowest BCUT2D eigenvalue weighted by Gasteiger charge is -2.31. The predicted octanol–water partition coefficient (Wildman–Crippen LogP) is -1.42. The number of nitrogens with two attached hydrogens (primary N) is 2. The van der Waals surface area contributed by atoms with Gasteiger partial charge < -0.3 is 47.6 Å². The first kappa shape index (κ1) is 23.7. The summed E-state index contributed by atoms with van der Waals surface area (Å²) in [5.41, 5.74) is 11.8. The average Bonchev–Trinajstić information content (AvgIpc) is 3.20. The van der Waals surface area contributed by atoms with Crippen molar-refractivity contribution in [2.24, 2.45) is 11.5 Å². The van der Waals surface area contributed by atoms with Gasteiger partial charge in [0, 0.05) is 29.4 Å². The van der Waals surface area contributed by atoms with E-state index >= 15 is 0 Å². The maximum absolute atomic E-state index is 11.9. The van der Waals surface area contributed by atoms with Gasteiger partial charge in [0.25, 0.3) is 5.91 Å². The number of anilines is 3. The van der Waals surface area contributed by atoms with Crippen LogP contribution >= 0.6 is 0 Å². The van der Waals surface area contributed by atoms with Gasteiger partial charge in [-0.2, -0.15) is 4.98 Å². The van der Waals surface area contributed by atoms with Gasteiger partial charge in [0.2, 0.25) is 5.95 Å². The highest BCUT2D eigenvalue weighted by Gasteiger charge is 2.49. The number of amides is 1. The van der Waals surface area contributed by atoms with E-state index in [2.05, 4.69) is 25.8 Å². The number of primary amides is 1. The third kappa shape index (κ3) is 4.37. The minimum absolute atomic E-state index is 0.00490. The molecule has 1 saturated carbocycles. The molecular weight excluding hydrogens is 448 g/mol. The van der Waals surface area contributed by atoms with Gasteiger partial charge in [-0.05, 0) is 31.0 Å². The van der Waals surface area contributed by atoms with Crippen LogP contribution in [0.15, 0.2) is 30.5 Å². The molecule has 11 N–H and O–H groups in total. The molecule has 1 aliphatic rings. The molecule has 4 rings (SSSR count). The molecule has 2 heterocycles. The van der Waals surface area contributed by atoms with Crippen LogP contribution in [-0.2, 0) is 5.91 Å². The predicted molar refractivity (Wildman–Crippen MR) is 119 cm³/mol. The number of rotatable bonds is 7. The Morgan fingerprint density at radius 2 is 1.82 bits per heavy atom. The summed E-state index contributed by atoms with van der Waals surface area (Å²) in [6.45, 7) is 0. The molecule has 1 aliphatic carbocycles. The van der Waals surface area contributed by atoms with E-state index in [0.29, 0.717) is 15.6 Å². The zero-order chi connectivity index (χ0) is 24.7. The second kappa shape index (κ2) is 8.75. The van der Waals surface area contributed by atoms with Crippen LogP contribution in [0.2, 0.25) is 0 Å². The monoisotopic (exact) mass is 474 g/mol. The molecule has 0 saturated heterocycles. The quantitative estimate of drug-likeness (QED) is 0.179. The molecule has 14 nitrogen and oxygen atoms in total. The van der Waals surface area contributed by atoms with Crippen molar-refractivity contribution >= 4 is 34.3 Å². The van der Waals surface area contributed by atoms with Crippen LogP contribution in [-0.4, -0.2) is 69.2 Å². The minimum Gasteiger partial charge on any atom is -0.364 e. The van der Waals surface area contributed by atoms with Gasteiger partial charge in [0.05, 0.1) is 5.52 Å². The van der Waals surface area contributed by atoms with Crippen LogP contribution in [0.4, 0.5) is 17.5 Å². The number of aliphatic hydroxyl groups is 5. The zero-order valence-corrected chi connectivity index (χ0v) is 18.0. The smallest absolute Gasteiger partial charge is 0.355 e. The molecule has 2 atom stereocenters. The van der Waals surface area contributed by atoms with Crippen LogP contribution in [0.3, 0.4) is 0 Å². The number of benzene rings is 1. The fraction of sp³-hybridized carbons (Fsp3) is 0.400. The third-order valence-electron chi connectivity index (χ3n) is 5.83. The van der Waals surface area contributed by atoms with Crippen molar-refractivity contribution in [1.82, 2.24) is 19.7 Å². The Morgan fingerprint density at radius 3 is 2.50 bits per heavy atom. The van der Waals surface area contributed by atoms with E-state index in [1.807, 2.05) is 0 Å². The fourth-order valence-electron chi connectivity index (χ4n) is 3.98. The number of carbonyl (C=O) groups is 1. The largest absolute Gasteiger partial charge is 0.364 e. The Bertz CT molecular complexity index is 1210. The highest BCUT2D eigenvalue weighted by molar-refractivity contribution is 5.99. The molecule has 0 bridgehead atoms. The summed E-state index contributed by atoms with van der Waals surface area (Å²) in [6.07, 6.45) is 4.88. The van der Waals surface area contributed by atoms with Crippen LogP contribution in [0.5, 0.6) is 0 Å². The molecule has 1 fully saturated rings. The lowest BCUT2D eigenvalue weighted by molar-refractivity contribution is -0.479. The first-order valence-electron chi connectivity index (χ1n) is 10.5. The molecule has 0 aliphatic heterocycles. The maximum atomic E-state index is 11.9. The van der Waals surface area contributed by atoms with Crippen molar-refractivity contribution < 1.29 is 30.3 Å². The molecule has 0 unspecified atom stereocenters. The number of fused-ring (bicyclic) bond motifs is 1. The van der Waals surface area contributed by atoms with Gasteiger partial charge in [-0.1, -0.05) is 18.9 Å². The number of nitrogens with one attached hydrogen (secondary N) is 2. The summed E-state index contributed by atoms with van der Waals surface area (Å²) >= 11 is 0. The molecular formula is C20H26N8O6. The highest BCUT2D eigenvalue weighted by Crippen LogP contribution is 2.32. The van der Waals surface area contributed by atoms with E-state index in [-0.39, 0.29) is 35.1 Å². The second-order valence-electron chi connectivity index (χ2n) is 8.22. The van der Waals surface area contributed by atoms with Gasteiger partial charge in [-0.3, -0.25) is 9.36 Å². The molecule has 1 aromatic carbocycles. The van der Waals surface area contributed by atoms with Crippen molar-refractivity contribution in [3.63, 3.8) is 0 Å². The summed E-state index contributed by atoms with van der Waals surface area (Å²) in [4.78, 5) is 16.3. The highest BCUT2D eigenvalue weighted by atomic mass is 16.7. The molecule has 3 aromatic rings. The number of hydrogen-bond acceptors (Lipinski definition) is 12. The summed E-state index contributed by atoms with van der Waals surface area (Å²) in [6, 6.07) is 5.85. The van der Waals surface area contributed by atoms with E-state index in [1.165, 1.54) is 18.2 Å². The Kier molecular flexibility index (Phi) is 6.11. The van der Waals surface area contributed by atoms with Crippen molar-refractivity contribution in [3.8, 4) is 0 Å². The standard InChI is InChI=1S/C20H26N8O6/c21-11-4-1-2-5-13(11)24-18-25-17(15(16(22)29)26-27-18)23-12-6-3-7-14-10(12)8-9-28(14)19(30,31)20(32,33)34/h3,6-9,11,13,30-34H,1-2,4-5,21H2,(H2,22,29)(H2,23,24,25,27)/t11-,13+/m0/s1. The van der Waals surface area contributed by atoms with Gasteiger partial charge >= 0.3 is 11.9 Å². The number of aromatic nitrogens is 4. The minimum atomic E-state index is -3.85. The summed E-state index contributed by atoms with van der Waals surface area (Å²) in [7, 11) is 0. The van der Waals surface area contributed by atoms with E-state index in [1.54, 1.807) is 6.07 Å². The third-order valence-corrected chi connectivity index (χ3v) is 5.83. The first-order chi connectivity index (χ1) is 16.0. The number of carbonyl (C=O) groups excluding carboxylic acids is 1. The Morgan fingerprint density at radius 1 is 1.09 bits per heavy atom. The Hall–Kier alpha value is -3.40. The molecule has 1 amide bonds. The molecule has 0 spiro atoms. The van der Waals surface area contributed by atoms with Crippen molar-refractivity contribution in [2.45, 2.75) is 49.7 Å². The number of hydrogen-bond donors (Lipinski definition) is 9. The fourth-order valence-corrected chi connectivity index (χ4v) is 3.98. The van der Waals surface area contributed by atoms with E-state index < -0.39 is 17.8 Å². The average molecular weight is 474 g/mol. The molecule has 14 heteroatoms. The normalized spacial score (nSPS) is 19.2. The van der Waals surface area contributed by atoms with Gasteiger partial charge in [0.15, 0.2) is 11.5 Å². The van der Waals surface area contributed by atoms with Gasteiger partial charge in [0.1, 0.15) is 0 Å². The number of nitrogens with zero attached hydrogens (tertiary/aromatic N) is 4. The Labute approximate surface area is 192 Å². The molecule has 2 aromatic heterocycles. The lowest BCUT2D eigenvalue weighted by atomic mass is 9.91. The second-order valence-corrected chi connectivity index (χ2v) is 8.22. The van der Waals surface area contributed by atoms with E-state index in [0.717, 1.165) is 31.9 Å². The molecule has 34 heavy (non-hydrogen) atoms. The van der Waals surface area contributed by atoms with Crippen LogP contribution in [0.25, 0.3) is 10.9 Å². The van der Waals surface area contributed by atoms with E-state index in [9.17, 15) is 30.3 Å². The van der Waals surface area contributed by atoms with Crippen LogP contribution in [0.1, 0.15) is 36.2 Å². The maximum Gasteiger partial charge on any atom is 0.355 e. The summed E-state index contributed by atoms with van der Waals surface area (Å²) in [5, 5.41) is 62.4. The van der Waals surface area contributed by atoms with Crippen molar-refractivity contribution in [2.75, 3.05) is 10.6 Å². The Balaban J connectivity index is 1.70. The summed E-state index contributed by atoms with van der Waals surface area (Å²) < 4.78 is 0.651. The zero-order valence-electron chi connectivity index (χ0n) is 18.0. The summed E-state index contributed by atoms with van der Waals surface area (Å²) in [5.74, 6) is -8.04. The van der Waals surface area contributed by atoms with Crippen molar-refractivity contribution in [3.05, 3.63) is 36.2 Å². The molecule has 0 radical (unpaired) electrons. The molecule has 182 valence electrons. The van der Waals surface area contributed by atoms with E-state index in [4.69, 9.17) is 11.5 Å².